The van der Waals surface area contributed by atoms with Gasteiger partial charge in [-0.1, -0.05) is 20.8 Å². The first-order valence-corrected chi connectivity index (χ1v) is 5.46. The van der Waals surface area contributed by atoms with E-state index in [0.29, 0.717) is 18.9 Å². The van der Waals surface area contributed by atoms with Crippen LogP contribution in [0.1, 0.15) is 34.1 Å². The maximum atomic E-state index is 11.8. The summed E-state index contributed by atoms with van der Waals surface area (Å²) in [4.78, 5) is 11.8. The molecule has 15 heavy (non-hydrogen) atoms. The largest absolute Gasteiger partial charge is 0.369 e. The number of nitrogens with one attached hydrogen (secondary N) is 1. The molecule has 0 fully saturated rings. The Morgan fingerprint density at radius 1 is 1.53 bits per heavy atom. The lowest BCUT2D eigenvalue weighted by Gasteiger charge is -2.26. The zero-order valence-electron chi connectivity index (χ0n) is 10.5. The van der Waals surface area contributed by atoms with Crippen molar-refractivity contribution >= 4 is 5.91 Å². The summed E-state index contributed by atoms with van der Waals surface area (Å²) in [7, 11) is 1.55. The molecule has 0 saturated carbocycles. The Kier molecular flexibility index (Phi) is 5.83. The molecule has 1 amide bonds. The van der Waals surface area contributed by atoms with E-state index in [-0.39, 0.29) is 11.9 Å². The van der Waals surface area contributed by atoms with Crippen molar-refractivity contribution in [3.8, 4) is 0 Å². The average Bonchev–Trinajstić information content (AvgIpc) is 2.23. The molecule has 0 aliphatic heterocycles. The van der Waals surface area contributed by atoms with Crippen molar-refractivity contribution in [2.24, 2.45) is 11.7 Å². The van der Waals surface area contributed by atoms with Crippen molar-refractivity contribution < 1.29 is 9.53 Å². The number of methoxy groups -OCH3 is 1. The van der Waals surface area contributed by atoms with Crippen LogP contribution in [-0.2, 0) is 9.53 Å². The second-order valence-corrected chi connectivity index (χ2v) is 4.41. The number of carbonyl (C=O) groups excluding carboxylic acids is 1. The van der Waals surface area contributed by atoms with Gasteiger partial charge in [0.25, 0.3) is 5.91 Å². The van der Waals surface area contributed by atoms with Gasteiger partial charge in [-0.05, 0) is 19.3 Å². The Labute approximate surface area is 92.6 Å². The number of rotatable bonds is 6. The molecule has 0 radical (unpaired) electrons. The van der Waals surface area contributed by atoms with E-state index >= 15 is 0 Å². The molecule has 0 aromatic carbocycles. The van der Waals surface area contributed by atoms with Crippen LogP contribution in [0.3, 0.4) is 0 Å². The first-order chi connectivity index (χ1) is 6.87. The molecule has 0 aromatic heterocycles. The number of amides is 1. The number of carbonyl (C=O) groups is 1. The standard InChI is InChI=1S/C11H24N2O2/c1-6-11(4,15-5)10(14)13-7-9(12)8(2)3/h8-9H,6-7,12H2,1-5H3,(H,13,14). The fourth-order valence-corrected chi connectivity index (χ4v) is 1.03. The third-order valence-corrected chi connectivity index (χ3v) is 2.96. The zero-order valence-corrected chi connectivity index (χ0v) is 10.5. The molecule has 0 heterocycles. The molecule has 3 N–H and O–H groups in total. The van der Waals surface area contributed by atoms with Crippen LogP contribution in [0, 0.1) is 5.92 Å². The molecule has 0 spiro atoms. The quantitative estimate of drug-likeness (QED) is 0.693. The summed E-state index contributed by atoms with van der Waals surface area (Å²) in [6, 6.07) is -0.00749. The summed E-state index contributed by atoms with van der Waals surface area (Å²) < 4.78 is 5.19. The molecule has 0 rings (SSSR count). The highest BCUT2D eigenvalue weighted by molar-refractivity contribution is 5.84. The highest BCUT2D eigenvalue weighted by Crippen LogP contribution is 2.13. The van der Waals surface area contributed by atoms with E-state index in [1.807, 2.05) is 20.8 Å². The Morgan fingerprint density at radius 2 is 2.07 bits per heavy atom. The van der Waals surface area contributed by atoms with Crippen molar-refractivity contribution in [3.05, 3.63) is 0 Å². The van der Waals surface area contributed by atoms with Gasteiger partial charge in [-0.2, -0.15) is 0 Å². The Morgan fingerprint density at radius 3 is 2.40 bits per heavy atom. The van der Waals surface area contributed by atoms with Crippen LogP contribution in [0.5, 0.6) is 0 Å². The van der Waals surface area contributed by atoms with Crippen LogP contribution in [0.4, 0.5) is 0 Å². The van der Waals surface area contributed by atoms with Crippen molar-refractivity contribution in [3.63, 3.8) is 0 Å². The predicted molar refractivity (Wildman–Crippen MR) is 61.5 cm³/mol. The molecule has 4 heteroatoms. The van der Waals surface area contributed by atoms with Gasteiger partial charge in [0.2, 0.25) is 0 Å². The van der Waals surface area contributed by atoms with Crippen LogP contribution in [0.2, 0.25) is 0 Å². The first-order valence-electron chi connectivity index (χ1n) is 5.46. The van der Waals surface area contributed by atoms with Crippen molar-refractivity contribution in [2.45, 2.75) is 45.8 Å². The first kappa shape index (κ1) is 14.4. The lowest BCUT2D eigenvalue weighted by molar-refractivity contribution is -0.141. The van der Waals surface area contributed by atoms with Gasteiger partial charge in [0, 0.05) is 19.7 Å². The summed E-state index contributed by atoms with van der Waals surface area (Å²) in [5.74, 6) is 0.268. The van der Waals surface area contributed by atoms with Gasteiger partial charge >= 0.3 is 0 Å². The summed E-state index contributed by atoms with van der Waals surface area (Å²) in [5.41, 5.74) is 5.10. The molecule has 2 atom stereocenters. The minimum absolute atomic E-state index is 0.00749. The Balaban J connectivity index is 4.14. The minimum atomic E-state index is -0.739. The molecule has 90 valence electrons. The summed E-state index contributed by atoms with van der Waals surface area (Å²) in [6.07, 6.45) is 0.645. The van der Waals surface area contributed by atoms with Crippen LogP contribution in [-0.4, -0.2) is 31.2 Å². The molecule has 0 bridgehead atoms. The van der Waals surface area contributed by atoms with E-state index in [9.17, 15) is 4.79 Å². The van der Waals surface area contributed by atoms with Gasteiger partial charge in [0.15, 0.2) is 0 Å². The van der Waals surface area contributed by atoms with E-state index in [1.54, 1.807) is 14.0 Å². The van der Waals surface area contributed by atoms with Gasteiger partial charge in [-0.15, -0.1) is 0 Å². The van der Waals surface area contributed by atoms with Crippen LogP contribution >= 0.6 is 0 Å². The molecule has 4 nitrogen and oxygen atoms in total. The van der Waals surface area contributed by atoms with Crippen molar-refractivity contribution in [1.29, 1.82) is 0 Å². The molecular formula is C11H24N2O2. The van der Waals surface area contributed by atoms with Gasteiger partial charge in [-0.3, -0.25) is 4.79 Å². The normalized spacial score (nSPS) is 17.3. The number of hydrogen-bond acceptors (Lipinski definition) is 3. The minimum Gasteiger partial charge on any atom is -0.369 e. The predicted octanol–water partition coefficient (Wildman–Crippen LogP) is 0.901. The van der Waals surface area contributed by atoms with E-state index in [2.05, 4.69) is 5.32 Å². The van der Waals surface area contributed by atoms with E-state index in [1.165, 1.54) is 0 Å². The second kappa shape index (κ2) is 6.08. The van der Waals surface area contributed by atoms with E-state index in [4.69, 9.17) is 10.5 Å². The fraction of sp³-hybridized carbons (Fsp3) is 0.909. The van der Waals surface area contributed by atoms with Gasteiger partial charge < -0.3 is 15.8 Å². The van der Waals surface area contributed by atoms with Crippen molar-refractivity contribution in [2.75, 3.05) is 13.7 Å². The Hall–Kier alpha value is -0.610. The van der Waals surface area contributed by atoms with Crippen LogP contribution < -0.4 is 11.1 Å². The average molecular weight is 216 g/mol. The van der Waals surface area contributed by atoms with E-state index < -0.39 is 5.60 Å². The lowest BCUT2D eigenvalue weighted by atomic mass is 10.0. The highest BCUT2D eigenvalue weighted by atomic mass is 16.5. The number of hydrogen-bond donors (Lipinski definition) is 2. The molecule has 2 unspecified atom stereocenters. The van der Waals surface area contributed by atoms with Crippen LogP contribution in [0.25, 0.3) is 0 Å². The summed E-state index contributed by atoms with van der Waals surface area (Å²) in [6.45, 7) is 8.27. The third-order valence-electron chi connectivity index (χ3n) is 2.96. The molecule has 0 aliphatic carbocycles. The maximum absolute atomic E-state index is 11.8. The van der Waals surface area contributed by atoms with Gasteiger partial charge in [0.1, 0.15) is 5.60 Å². The SMILES string of the molecule is CCC(C)(OC)C(=O)NCC(N)C(C)C. The van der Waals surface area contributed by atoms with Gasteiger partial charge in [0.05, 0.1) is 0 Å². The summed E-state index contributed by atoms with van der Waals surface area (Å²) >= 11 is 0. The van der Waals surface area contributed by atoms with E-state index in [0.717, 1.165) is 0 Å². The monoisotopic (exact) mass is 216 g/mol. The Bertz CT molecular complexity index is 201. The topological polar surface area (TPSA) is 64.3 Å². The molecule has 0 saturated heterocycles. The molecule has 0 aromatic rings. The maximum Gasteiger partial charge on any atom is 0.251 e. The summed E-state index contributed by atoms with van der Waals surface area (Å²) in [5, 5.41) is 2.82. The highest BCUT2D eigenvalue weighted by Gasteiger charge is 2.30. The number of nitrogens with two attached hydrogens (primary N) is 1. The van der Waals surface area contributed by atoms with Crippen LogP contribution in [0.15, 0.2) is 0 Å². The zero-order chi connectivity index (χ0) is 12.1. The van der Waals surface area contributed by atoms with Crippen molar-refractivity contribution in [1.82, 2.24) is 5.32 Å². The lowest BCUT2D eigenvalue weighted by Crippen LogP contribution is -2.49. The van der Waals surface area contributed by atoms with Gasteiger partial charge in [-0.25, -0.2) is 0 Å². The number of ether oxygens (including phenoxy) is 1. The third kappa shape index (κ3) is 4.18. The smallest absolute Gasteiger partial charge is 0.251 e. The fourth-order valence-electron chi connectivity index (χ4n) is 1.03. The second-order valence-electron chi connectivity index (χ2n) is 4.41. The molecule has 0 aliphatic rings. The molecular weight excluding hydrogens is 192 g/mol.